The van der Waals surface area contributed by atoms with E-state index in [2.05, 4.69) is 16.7 Å². The number of ether oxygens (including phenoxy) is 1. The molecule has 0 unspecified atom stereocenters. The van der Waals surface area contributed by atoms with E-state index in [0.717, 1.165) is 38.3 Å². The highest BCUT2D eigenvalue weighted by Crippen LogP contribution is 2.20. The van der Waals surface area contributed by atoms with Crippen LogP contribution in [0.15, 0.2) is 18.2 Å². The van der Waals surface area contributed by atoms with Crippen molar-refractivity contribution in [2.24, 2.45) is 0 Å². The molecule has 1 heterocycles. The van der Waals surface area contributed by atoms with Gasteiger partial charge in [-0.25, -0.2) is 0 Å². The molecule has 0 bridgehead atoms. The van der Waals surface area contributed by atoms with Crippen LogP contribution in [0, 0.1) is 6.92 Å². The van der Waals surface area contributed by atoms with Crippen molar-refractivity contribution >= 4 is 5.78 Å². The number of ketones is 1. The fourth-order valence-electron chi connectivity index (χ4n) is 2.58. The summed E-state index contributed by atoms with van der Waals surface area (Å²) in [6, 6.07) is 5.76. The van der Waals surface area contributed by atoms with Crippen molar-refractivity contribution in [2.45, 2.75) is 13.8 Å². The lowest BCUT2D eigenvalue weighted by Gasteiger charge is -2.33. The van der Waals surface area contributed by atoms with Gasteiger partial charge in [0.15, 0.2) is 5.78 Å². The van der Waals surface area contributed by atoms with Gasteiger partial charge >= 0.3 is 0 Å². The molecule has 0 aromatic heterocycles. The third-order valence-corrected chi connectivity index (χ3v) is 3.94. The molecular weight excluding hydrogens is 252 g/mol. The molecule has 4 nitrogen and oxygen atoms in total. The van der Waals surface area contributed by atoms with E-state index >= 15 is 0 Å². The average molecular weight is 276 g/mol. The molecule has 1 aromatic carbocycles. The topological polar surface area (TPSA) is 32.8 Å². The molecule has 4 heteroatoms. The van der Waals surface area contributed by atoms with E-state index < -0.39 is 0 Å². The van der Waals surface area contributed by atoms with Crippen LogP contribution >= 0.6 is 0 Å². The number of hydrogen-bond acceptors (Lipinski definition) is 4. The van der Waals surface area contributed by atoms with Gasteiger partial charge in [0.1, 0.15) is 5.75 Å². The fraction of sp³-hybridized carbons (Fsp3) is 0.562. The molecule has 1 aromatic rings. The molecule has 1 aliphatic rings. The van der Waals surface area contributed by atoms with Crippen molar-refractivity contribution in [1.29, 1.82) is 0 Å². The number of methoxy groups -OCH3 is 1. The largest absolute Gasteiger partial charge is 0.496 e. The Kier molecular flexibility index (Phi) is 5.15. The Bertz CT molecular complexity index is 466. The van der Waals surface area contributed by atoms with Gasteiger partial charge in [-0.1, -0.05) is 13.0 Å². The number of carbonyl (C=O) groups excluding carboxylic acids is 1. The summed E-state index contributed by atoms with van der Waals surface area (Å²) in [5.41, 5.74) is 1.80. The van der Waals surface area contributed by atoms with Crippen LogP contribution in [0.1, 0.15) is 22.8 Å². The second kappa shape index (κ2) is 6.86. The van der Waals surface area contributed by atoms with Crippen molar-refractivity contribution in [3.8, 4) is 5.75 Å². The molecule has 2 rings (SSSR count). The normalized spacial score (nSPS) is 17.1. The van der Waals surface area contributed by atoms with Gasteiger partial charge in [-0.2, -0.15) is 0 Å². The van der Waals surface area contributed by atoms with Crippen LogP contribution in [0.3, 0.4) is 0 Å². The number of rotatable bonds is 5. The monoisotopic (exact) mass is 276 g/mol. The number of piperazine rings is 1. The number of hydrogen-bond donors (Lipinski definition) is 0. The van der Waals surface area contributed by atoms with Gasteiger partial charge in [-0.05, 0) is 31.2 Å². The lowest BCUT2D eigenvalue weighted by molar-refractivity contribution is 0.0856. The van der Waals surface area contributed by atoms with E-state index in [0.29, 0.717) is 17.9 Å². The summed E-state index contributed by atoms with van der Waals surface area (Å²) in [5.74, 6) is 0.828. The van der Waals surface area contributed by atoms with Gasteiger partial charge in [0.05, 0.1) is 19.2 Å². The summed E-state index contributed by atoms with van der Waals surface area (Å²) in [4.78, 5) is 17.1. The van der Waals surface area contributed by atoms with Gasteiger partial charge < -0.3 is 9.64 Å². The highest BCUT2D eigenvalue weighted by atomic mass is 16.5. The Morgan fingerprint density at radius 1 is 1.20 bits per heavy atom. The third kappa shape index (κ3) is 3.58. The Hall–Kier alpha value is -1.39. The quantitative estimate of drug-likeness (QED) is 0.768. The molecule has 1 saturated heterocycles. The summed E-state index contributed by atoms with van der Waals surface area (Å²) in [6.07, 6.45) is 0. The predicted molar refractivity (Wildman–Crippen MR) is 80.6 cm³/mol. The Balaban J connectivity index is 1.98. The number of carbonyl (C=O) groups is 1. The number of benzene rings is 1. The number of Topliss-reactive ketones (excluding diaryl/α,β-unsaturated/α-hetero) is 1. The molecule has 0 saturated carbocycles. The summed E-state index contributed by atoms with van der Waals surface area (Å²) in [5, 5.41) is 0. The molecule has 1 aliphatic heterocycles. The minimum atomic E-state index is 0.145. The van der Waals surface area contributed by atoms with Crippen molar-refractivity contribution in [3.63, 3.8) is 0 Å². The first-order chi connectivity index (χ1) is 9.63. The number of likely N-dealkylation sites (N-methyl/N-ethyl adjacent to an activating group) is 1. The van der Waals surface area contributed by atoms with Crippen LogP contribution < -0.4 is 4.74 Å². The van der Waals surface area contributed by atoms with Crippen LogP contribution in [0.25, 0.3) is 0 Å². The Morgan fingerprint density at radius 2 is 1.85 bits per heavy atom. The van der Waals surface area contributed by atoms with E-state index in [1.54, 1.807) is 7.11 Å². The molecule has 110 valence electrons. The van der Waals surface area contributed by atoms with Gasteiger partial charge in [0.2, 0.25) is 0 Å². The summed E-state index contributed by atoms with van der Waals surface area (Å²) in [6.45, 7) is 9.79. The number of aryl methyl sites for hydroxylation is 1. The van der Waals surface area contributed by atoms with Crippen molar-refractivity contribution in [2.75, 3.05) is 46.4 Å². The van der Waals surface area contributed by atoms with Crippen molar-refractivity contribution in [1.82, 2.24) is 9.80 Å². The maximum atomic E-state index is 12.4. The zero-order chi connectivity index (χ0) is 14.5. The molecule has 1 fully saturated rings. The first kappa shape index (κ1) is 15.0. The molecule has 0 N–H and O–H groups in total. The van der Waals surface area contributed by atoms with Gasteiger partial charge in [0, 0.05) is 26.2 Å². The third-order valence-electron chi connectivity index (χ3n) is 3.94. The number of nitrogens with zero attached hydrogens (tertiary/aromatic N) is 2. The molecule has 0 amide bonds. The summed E-state index contributed by atoms with van der Waals surface area (Å²) in [7, 11) is 1.62. The van der Waals surface area contributed by atoms with Crippen LogP contribution in [0.5, 0.6) is 5.75 Å². The van der Waals surface area contributed by atoms with Crippen LogP contribution in [0.2, 0.25) is 0 Å². The lowest BCUT2D eigenvalue weighted by atomic mass is 10.1. The highest BCUT2D eigenvalue weighted by Gasteiger charge is 2.20. The molecular formula is C16H24N2O2. The van der Waals surface area contributed by atoms with Crippen LogP contribution in [0.4, 0.5) is 0 Å². The van der Waals surface area contributed by atoms with Crippen molar-refractivity contribution in [3.05, 3.63) is 29.3 Å². The molecule has 0 atom stereocenters. The smallest absolute Gasteiger partial charge is 0.180 e. The SMILES string of the molecule is CCN1CCN(CC(=O)c2ccc(C)cc2OC)CC1. The van der Waals surface area contributed by atoms with E-state index in [1.807, 2.05) is 25.1 Å². The highest BCUT2D eigenvalue weighted by molar-refractivity contribution is 6.00. The average Bonchev–Trinajstić information content (AvgIpc) is 2.47. The zero-order valence-corrected chi connectivity index (χ0v) is 12.7. The van der Waals surface area contributed by atoms with E-state index in [-0.39, 0.29) is 5.78 Å². The van der Waals surface area contributed by atoms with Gasteiger partial charge in [-0.3, -0.25) is 9.69 Å². The minimum absolute atomic E-state index is 0.145. The summed E-state index contributed by atoms with van der Waals surface area (Å²) < 4.78 is 5.32. The van der Waals surface area contributed by atoms with Crippen LogP contribution in [-0.4, -0.2) is 62.0 Å². The lowest BCUT2D eigenvalue weighted by Crippen LogP contribution is -2.47. The molecule has 20 heavy (non-hydrogen) atoms. The molecule has 0 spiro atoms. The summed E-state index contributed by atoms with van der Waals surface area (Å²) >= 11 is 0. The molecule has 0 aliphatic carbocycles. The van der Waals surface area contributed by atoms with Crippen LogP contribution in [-0.2, 0) is 0 Å². The maximum Gasteiger partial charge on any atom is 0.180 e. The Morgan fingerprint density at radius 3 is 2.45 bits per heavy atom. The fourth-order valence-corrected chi connectivity index (χ4v) is 2.58. The predicted octanol–water partition coefficient (Wildman–Crippen LogP) is 1.82. The maximum absolute atomic E-state index is 12.4. The van der Waals surface area contributed by atoms with E-state index in [4.69, 9.17) is 4.74 Å². The van der Waals surface area contributed by atoms with E-state index in [9.17, 15) is 4.79 Å². The van der Waals surface area contributed by atoms with E-state index in [1.165, 1.54) is 0 Å². The Labute approximate surface area is 121 Å². The first-order valence-corrected chi connectivity index (χ1v) is 7.26. The second-order valence-corrected chi connectivity index (χ2v) is 5.34. The standard InChI is InChI=1S/C16H24N2O2/c1-4-17-7-9-18(10-8-17)12-15(19)14-6-5-13(2)11-16(14)20-3/h5-6,11H,4,7-10,12H2,1-3H3. The second-order valence-electron chi connectivity index (χ2n) is 5.34. The molecule has 0 radical (unpaired) electrons. The van der Waals surface area contributed by atoms with Gasteiger partial charge in [0.25, 0.3) is 0 Å². The first-order valence-electron chi connectivity index (χ1n) is 7.26. The van der Waals surface area contributed by atoms with Crippen molar-refractivity contribution < 1.29 is 9.53 Å². The minimum Gasteiger partial charge on any atom is -0.496 e. The zero-order valence-electron chi connectivity index (χ0n) is 12.7. The van der Waals surface area contributed by atoms with Gasteiger partial charge in [-0.15, -0.1) is 0 Å².